The third-order valence-electron chi connectivity index (χ3n) is 2.97. The normalized spacial score (nSPS) is 16.1. The number of nitrogens with zero attached hydrogens (tertiary/aromatic N) is 2. The van der Waals surface area contributed by atoms with E-state index in [1.165, 1.54) is 11.3 Å². The van der Waals surface area contributed by atoms with Crippen LogP contribution in [0.5, 0.6) is 0 Å². The van der Waals surface area contributed by atoms with Crippen LogP contribution in [-0.4, -0.2) is 40.4 Å². The Balaban J connectivity index is 1.98. The standard InChI is InChI=1S/C12H13N3OS2/c13-9-10-8(2-1-3-14-10)18-11(9)12(16)15-4-6-17-7-5-15/h1-3H,4-7,13H2. The first-order valence-electron chi connectivity index (χ1n) is 5.77. The molecule has 0 aromatic carbocycles. The molecule has 0 spiro atoms. The van der Waals surface area contributed by atoms with Crippen molar-refractivity contribution >= 4 is 44.9 Å². The molecule has 0 unspecified atom stereocenters. The molecular formula is C12H13N3OS2. The Hall–Kier alpha value is -1.27. The number of rotatable bonds is 1. The Labute approximate surface area is 113 Å². The maximum Gasteiger partial charge on any atom is 0.266 e. The summed E-state index contributed by atoms with van der Waals surface area (Å²) in [6.45, 7) is 1.62. The summed E-state index contributed by atoms with van der Waals surface area (Å²) in [5.74, 6) is 2.07. The molecule has 1 aliphatic rings. The van der Waals surface area contributed by atoms with Crippen molar-refractivity contribution in [2.45, 2.75) is 0 Å². The van der Waals surface area contributed by atoms with Crippen LogP contribution in [0.2, 0.25) is 0 Å². The Morgan fingerprint density at radius 1 is 1.39 bits per heavy atom. The number of hydrogen-bond donors (Lipinski definition) is 1. The third-order valence-corrected chi connectivity index (χ3v) is 5.07. The zero-order chi connectivity index (χ0) is 12.5. The summed E-state index contributed by atoms with van der Waals surface area (Å²) < 4.78 is 0.977. The van der Waals surface area contributed by atoms with E-state index in [9.17, 15) is 4.79 Å². The Morgan fingerprint density at radius 3 is 2.89 bits per heavy atom. The monoisotopic (exact) mass is 279 g/mol. The number of carbonyl (C=O) groups excluding carboxylic acids is 1. The molecule has 94 valence electrons. The van der Waals surface area contributed by atoms with Crippen molar-refractivity contribution < 1.29 is 4.79 Å². The fourth-order valence-electron chi connectivity index (χ4n) is 2.02. The smallest absolute Gasteiger partial charge is 0.266 e. The van der Waals surface area contributed by atoms with E-state index in [2.05, 4.69) is 4.98 Å². The van der Waals surface area contributed by atoms with Gasteiger partial charge in [-0.3, -0.25) is 9.78 Å². The minimum atomic E-state index is 0.0517. The number of thioether (sulfide) groups is 1. The fraction of sp³-hybridized carbons (Fsp3) is 0.333. The molecule has 1 amide bonds. The number of amides is 1. The second-order valence-corrected chi connectivity index (χ2v) is 6.38. The number of nitrogen functional groups attached to an aromatic ring is 1. The van der Waals surface area contributed by atoms with Gasteiger partial charge in [0.2, 0.25) is 0 Å². The highest BCUT2D eigenvalue weighted by molar-refractivity contribution is 7.99. The highest BCUT2D eigenvalue weighted by Crippen LogP contribution is 2.33. The lowest BCUT2D eigenvalue weighted by Crippen LogP contribution is -2.37. The van der Waals surface area contributed by atoms with Crippen LogP contribution in [0.4, 0.5) is 5.69 Å². The average Bonchev–Trinajstić information content (AvgIpc) is 2.77. The van der Waals surface area contributed by atoms with E-state index < -0.39 is 0 Å². The van der Waals surface area contributed by atoms with Gasteiger partial charge < -0.3 is 10.6 Å². The van der Waals surface area contributed by atoms with Crippen LogP contribution in [-0.2, 0) is 0 Å². The number of anilines is 1. The van der Waals surface area contributed by atoms with Crippen molar-refractivity contribution in [3.63, 3.8) is 0 Å². The van der Waals surface area contributed by atoms with E-state index in [0.717, 1.165) is 34.8 Å². The van der Waals surface area contributed by atoms with Gasteiger partial charge in [0.25, 0.3) is 5.91 Å². The van der Waals surface area contributed by atoms with Crippen LogP contribution in [0.3, 0.4) is 0 Å². The summed E-state index contributed by atoms with van der Waals surface area (Å²) in [4.78, 5) is 19.2. The topological polar surface area (TPSA) is 59.2 Å². The molecule has 6 heteroatoms. The first kappa shape index (κ1) is 11.8. The van der Waals surface area contributed by atoms with Gasteiger partial charge in [-0.2, -0.15) is 11.8 Å². The molecule has 0 bridgehead atoms. The van der Waals surface area contributed by atoms with Crippen molar-refractivity contribution in [3.05, 3.63) is 23.2 Å². The molecule has 0 atom stereocenters. The molecule has 2 aromatic rings. The van der Waals surface area contributed by atoms with Gasteiger partial charge in [-0.25, -0.2) is 0 Å². The lowest BCUT2D eigenvalue weighted by Gasteiger charge is -2.26. The van der Waals surface area contributed by atoms with Crippen LogP contribution in [0.1, 0.15) is 9.67 Å². The van der Waals surface area contributed by atoms with E-state index in [4.69, 9.17) is 5.73 Å². The fourth-order valence-corrected chi connectivity index (χ4v) is 3.97. The minimum Gasteiger partial charge on any atom is -0.396 e. The Kier molecular flexibility index (Phi) is 3.13. The number of pyridine rings is 1. The molecule has 1 aliphatic heterocycles. The first-order chi connectivity index (χ1) is 8.77. The lowest BCUT2D eigenvalue weighted by atomic mass is 10.3. The number of fused-ring (bicyclic) bond motifs is 1. The van der Waals surface area contributed by atoms with Gasteiger partial charge in [-0.05, 0) is 12.1 Å². The zero-order valence-corrected chi connectivity index (χ0v) is 11.4. The summed E-state index contributed by atoms with van der Waals surface area (Å²) in [6, 6.07) is 3.82. The third kappa shape index (κ3) is 1.95. The highest BCUT2D eigenvalue weighted by atomic mass is 32.2. The van der Waals surface area contributed by atoms with Crippen LogP contribution < -0.4 is 5.73 Å². The number of aromatic nitrogens is 1. The van der Waals surface area contributed by atoms with E-state index >= 15 is 0 Å². The van der Waals surface area contributed by atoms with Crippen molar-refractivity contribution in [2.75, 3.05) is 30.3 Å². The lowest BCUT2D eigenvalue weighted by molar-refractivity contribution is 0.0778. The predicted octanol–water partition coefficient (Wildman–Crippen LogP) is 2.07. The summed E-state index contributed by atoms with van der Waals surface area (Å²) in [5.41, 5.74) is 7.32. The zero-order valence-electron chi connectivity index (χ0n) is 9.76. The first-order valence-corrected chi connectivity index (χ1v) is 7.74. The van der Waals surface area contributed by atoms with Gasteiger partial charge in [-0.15, -0.1) is 11.3 Å². The van der Waals surface area contributed by atoms with Gasteiger partial charge >= 0.3 is 0 Å². The largest absolute Gasteiger partial charge is 0.396 e. The maximum atomic E-state index is 12.4. The SMILES string of the molecule is Nc1c(C(=O)N2CCSCC2)sc2cccnc12. The summed E-state index contributed by atoms with van der Waals surface area (Å²) in [5, 5.41) is 0. The van der Waals surface area contributed by atoms with Crippen LogP contribution >= 0.6 is 23.1 Å². The van der Waals surface area contributed by atoms with Crippen molar-refractivity contribution in [1.82, 2.24) is 9.88 Å². The van der Waals surface area contributed by atoms with Gasteiger partial charge in [0.05, 0.1) is 10.4 Å². The molecule has 0 aliphatic carbocycles. The van der Waals surface area contributed by atoms with Crippen molar-refractivity contribution in [3.8, 4) is 0 Å². The Bertz CT molecular complexity index is 590. The van der Waals surface area contributed by atoms with Crippen molar-refractivity contribution in [2.24, 2.45) is 0 Å². The highest BCUT2D eigenvalue weighted by Gasteiger charge is 2.23. The molecule has 4 nitrogen and oxygen atoms in total. The average molecular weight is 279 g/mol. The molecule has 1 saturated heterocycles. The van der Waals surface area contributed by atoms with Crippen molar-refractivity contribution in [1.29, 1.82) is 0 Å². The van der Waals surface area contributed by atoms with Gasteiger partial charge in [0.15, 0.2) is 0 Å². The van der Waals surface area contributed by atoms with E-state index in [1.54, 1.807) is 6.20 Å². The molecule has 2 N–H and O–H groups in total. The molecule has 3 rings (SSSR count). The number of carbonyl (C=O) groups is 1. The second kappa shape index (κ2) is 4.78. The van der Waals surface area contributed by atoms with E-state index in [-0.39, 0.29) is 5.91 Å². The summed E-state index contributed by atoms with van der Waals surface area (Å²) >= 11 is 3.33. The van der Waals surface area contributed by atoms with Gasteiger partial charge in [-0.1, -0.05) is 0 Å². The molecule has 0 saturated carbocycles. The number of hydrogen-bond acceptors (Lipinski definition) is 5. The molecule has 2 aromatic heterocycles. The molecule has 3 heterocycles. The Morgan fingerprint density at radius 2 is 2.17 bits per heavy atom. The second-order valence-electron chi connectivity index (χ2n) is 4.10. The van der Waals surface area contributed by atoms with Gasteiger partial charge in [0, 0.05) is 30.8 Å². The van der Waals surface area contributed by atoms with Gasteiger partial charge in [0.1, 0.15) is 10.4 Å². The number of thiophene rings is 1. The molecule has 0 radical (unpaired) electrons. The summed E-state index contributed by atoms with van der Waals surface area (Å²) in [6.07, 6.45) is 1.71. The predicted molar refractivity (Wildman–Crippen MR) is 77.3 cm³/mol. The molecule has 1 fully saturated rings. The van der Waals surface area contributed by atoms with Crippen LogP contribution in [0.25, 0.3) is 10.2 Å². The molecule has 18 heavy (non-hydrogen) atoms. The van der Waals surface area contributed by atoms with E-state index in [1.807, 2.05) is 28.8 Å². The molecular weight excluding hydrogens is 266 g/mol. The quantitative estimate of drug-likeness (QED) is 0.868. The van der Waals surface area contributed by atoms with E-state index in [0.29, 0.717) is 10.6 Å². The minimum absolute atomic E-state index is 0.0517. The number of nitrogens with two attached hydrogens (primary N) is 1. The maximum absolute atomic E-state index is 12.4. The van der Waals surface area contributed by atoms with Crippen LogP contribution in [0, 0.1) is 0 Å². The summed E-state index contributed by atoms with van der Waals surface area (Å²) in [7, 11) is 0. The van der Waals surface area contributed by atoms with Crippen LogP contribution in [0.15, 0.2) is 18.3 Å².